The fourth-order valence-electron chi connectivity index (χ4n) is 1.45. The zero-order valence-electron chi connectivity index (χ0n) is 11.5. The van der Waals surface area contributed by atoms with Crippen LogP contribution in [0.2, 0.25) is 0 Å². The molecule has 1 unspecified atom stereocenters. The van der Waals surface area contributed by atoms with Crippen LogP contribution in [0.5, 0.6) is 0 Å². The lowest BCUT2D eigenvalue weighted by atomic mass is 10.0. The Morgan fingerprint density at radius 2 is 1.63 bits per heavy atom. The summed E-state index contributed by atoms with van der Waals surface area (Å²) in [6.07, 6.45) is -0.0951. The van der Waals surface area contributed by atoms with E-state index < -0.39 is 18.1 Å². The van der Waals surface area contributed by atoms with Crippen molar-refractivity contribution < 1.29 is 19.1 Å². The molecule has 0 saturated carbocycles. The van der Waals surface area contributed by atoms with Gasteiger partial charge in [0.15, 0.2) is 0 Å². The number of hydrogen-bond donors (Lipinski definition) is 0. The molecule has 0 aliphatic heterocycles. The lowest BCUT2D eigenvalue weighted by Gasteiger charge is -2.27. The largest absolute Gasteiger partial charge is 0.463 e. The Labute approximate surface area is 124 Å². The van der Waals surface area contributed by atoms with Crippen LogP contribution in [-0.2, 0) is 14.3 Å². The first kappa shape index (κ1) is 18.3. The van der Waals surface area contributed by atoms with E-state index in [9.17, 15) is 9.59 Å². The van der Waals surface area contributed by atoms with Crippen molar-refractivity contribution in [3.63, 3.8) is 0 Å². The van der Waals surface area contributed by atoms with Gasteiger partial charge in [-0.2, -0.15) is 0 Å². The van der Waals surface area contributed by atoms with E-state index in [-0.39, 0.29) is 30.9 Å². The smallest absolute Gasteiger partial charge is 0.410 e. The number of esters is 1. The summed E-state index contributed by atoms with van der Waals surface area (Å²) in [5, 5.41) is 0. The van der Waals surface area contributed by atoms with Crippen LogP contribution in [0.25, 0.3) is 0 Å². The van der Waals surface area contributed by atoms with Crippen molar-refractivity contribution in [2.45, 2.75) is 26.3 Å². The molecule has 0 aromatic heterocycles. The van der Waals surface area contributed by atoms with Crippen molar-refractivity contribution in [1.82, 2.24) is 4.90 Å². The van der Waals surface area contributed by atoms with Gasteiger partial charge >= 0.3 is 12.1 Å². The maximum absolute atomic E-state index is 11.9. The van der Waals surface area contributed by atoms with Crippen molar-refractivity contribution in [3.8, 4) is 0 Å². The summed E-state index contributed by atoms with van der Waals surface area (Å²) in [4.78, 5) is 24.9. The van der Waals surface area contributed by atoms with E-state index in [1.165, 1.54) is 11.9 Å². The molecule has 19 heavy (non-hydrogen) atoms. The second-order valence-electron chi connectivity index (χ2n) is 4.42. The lowest BCUT2D eigenvalue weighted by molar-refractivity contribution is -0.149. The SMILES string of the molecule is CC(C)CC(C(=O)OCCCl)N(C)C(=O)OCCCl. The third-order valence-corrected chi connectivity index (χ3v) is 2.66. The molecule has 0 radical (unpaired) electrons. The first-order valence-electron chi connectivity index (χ1n) is 6.12. The molecule has 0 rings (SSSR count). The molecule has 7 heteroatoms. The molecule has 0 heterocycles. The first-order chi connectivity index (χ1) is 8.93. The molecule has 0 N–H and O–H groups in total. The molecule has 1 atom stereocenters. The van der Waals surface area contributed by atoms with E-state index >= 15 is 0 Å². The fraction of sp³-hybridized carbons (Fsp3) is 0.833. The summed E-state index contributed by atoms with van der Waals surface area (Å²) in [7, 11) is 1.51. The minimum atomic E-state index is -0.675. The highest BCUT2D eigenvalue weighted by Crippen LogP contribution is 2.13. The molecule has 112 valence electrons. The van der Waals surface area contributed by atoms with Crippen LogP contribution >= 0.6 is 23.2 Å². The molecular formula is C12H21Cl2NO4. The van der Waals surface area contributed by atoms with Gasteiger partial charge in [-0.3, -0.25) is 4.90 Å². The van der Waals surface area contributed by atoms with Crippen LogP contribution in [0, 0.1) is 5.92 Å². The highest BCUT2D eigenvalue weighted by Gasteiger charge is 2.29. The van der Waals surface area contributed by atoms with Gasteiger partial charge in [-0.05, 0) is 12.3 Å². The monoisotopic (exact) mass is 313 g/mol. The van der Waals surface area contributed by atoms with Crippen molar-refractivity contribution >= 4 is 35.3 Å². The quantitative estimate of drug-likeness (QED) is 0.510. The highest BCUT2D eigenvalue weighted by molar-refractivity contribution is 6.18. The number of likely N-dealkylation sites (N-methyl/N-ethyl adjacent to an activating group) is 1. The van der Waals surface area contributed by atoms with Gasteiger partial charge in [0, 0.05) is 7.05 Å². The van der Waals surface area contributed by atoms with Gasteiger partial charge in [-0.1, -0.05) is 13.8 Å². The third-order valence-electron chi connectivity index (χ3n) is 2.35. The minimum absolute atomic E-state index is 0.107. The van der Waals surface area contributed by atoms with Gasteiger partial charge in [-0.15, -0.1) is 23.2 Å². The van der Waals surface area contributed by atoms with Crippen LogP contribution in [0.4, 0.5) is 4.79 Å². The van der Waals surface area contributed by atoms with Crippen molar-refractivity contribution in [1.29, 1.82) is 0 Å². The zero-order valence-corrected chi connectivity index (χ0v) is 13.0. The topological polar surface area (TPSA) is 55.8 Å². The summed E-state index contributed by atoms with van der Waals surface area (Å²) >= 11 is 10.9. The average molecular weight is 314 g/mol. The second-order valence-corrected chi connectivity index (χ2v) is 5.17. The van der Waals surface area contributed by atoms with Crippen LogP contribution in [0.3, 0.4) is 0 Å². The average Bonchev–Trinajstić information content (AvgIpc) is 2.38. The molecule has 5 nitrogen and oxygen atoms in total. The second kappa shape index (κ2) is 10.1. The maximum Gasteiger partial charge on any atom is 0.410 e. The molecule has 0 aliphatic carbocycles. The molecule has 0 aromatic rings. The number of rotatable bonds is 8. The summed E-state index contributed by atoms with van der Waals surface area (Å²) in [5.74, 6) is 0.197. The van der Waals surface area contributed by atoms with Gasteiger partial charge in [0.2, 0.25) is 0 Å². The fourth-order valence-corrected chi connectivity index (χ4v) is 1.60. The van der Waals surface area contributed by atoms with E-state index in [0.29, 0.717) is 6.42 Å². The number of ether oxygens (including phenoxy) is 2. The van der Waals surface area contributed by atoms with Crippen molar-refractivity contribution in [2.24, 2.45) is 5.92 Å². The molecule has 0 aromatic carbocycles. The molecule has 0 saturated heterocycles. The Bertz CT molecular complexity index is 287. The molecule has 0 fully saturated rings. The highest BCUT2D eigenvalue weighted by atomic mass is 35.5. The Balaban J connectivity index is 4.62. The maximum atomic E-state index is 11.9. The number of carbonyl (C=O) groups is 2. The van der Waals surface area contributed by atoms with Crippen molar-refractivity contribution in [2.75, 3.05) is 32.0 Å². The van der Waals surface area contributed by atoms with Crippen LogP contribution in [0.15, 0.2) is 0 Å². The predicted octanol–water partition coefficient (Wildman–Crippen LogP) is 2.49. The Hall–Kier alpha value is -0.680. The lowest BCUT2D eigenvalue weighted by Crippen LogP contribution is -2.44. The molecule has 1 amide bonds. The zero-order chi connectivity index (χ0) is 14.8. The van der Waals surface area contributed by atoms with E-state index in [1.54, 1.807) is 0 Å². The summed E-state index contributed by atoms with van der Waals surface area (Å²) in [5.41, 5.74) is 0. The van der Waals surface area contributed by atoms with Gasteiger partial charge in [0.05, 0.1) is 11.8 Å². The van der Waals surface area contributed by atoms with E-state index in [4.69, 9.17) is 32.7 Å². The minimum Gasteiger partial charge on any atom is -0.463 e. The van der Waals surface area contributed by atoms with Gasteiger partial charge in [0.1, 0.15) is 19.3 Å². The molecule has 0 spiro atoms. The van der Waals surface area contributed by atoms with Gasteiger partial charge in [0.25, 0.3) is 0 Å². The Morgan fingerprint density at radius 3 is 2.11 bits per heavy atom. The number of halogens is 2. The standard InChI is InChI=1S/C12H21Cl2NO4/c1-9(2)8-10(11(16)18-6-4-13)15(3)12(17)19-7-5-14/h9-10H,4-8H2,1-3H3. The third kappa shape index (κ3) is 7.47. The first-order valence-corrected chi connectivity index (χ1v) is 7.19. The normalized spacial score (nSPS) is 12.1. The summed E-state index contributed by atoms with van der Waals surface area (Å²) in [6, 6.07) is -0.675. The van der Waals surface area contributed by atoms with Gasteiger partial charge < -0.3 is 9.47 Å². The van der Waals surface area contributed by atoms with Gasteiger partial charge in [-0.25, -0.2) is 9.59 Å². The van der Waals surface area contributed by atoms with E-state index in [1.807, 2.05) is 13.8 Å². The van der Waals surface area contributed by atoms with E-state index in [0.717, 1.165) is 0 Å². The molecule has 0 aliphatic rings. The number of hydrogen-bond acceptors (Lipinski definition) is 4. The number of nitrogens with zero attached hydrogens (tertiary/aromatic N) is 1. The molecule has 0 bridgehead atoms. The molecular weight excluding hydrogens is 293 g/mol. The van der Waals surface area contributed by atoms with Crippen LogP contribution < -0.4 is 0 Å². The Morgan fingerprint density at radius 1 is 1.11 bits per heavy atom. The van der Waals surface area contributed by atoms with Crippen molar-refractivity contribution in [3.05, 3.63) is 0 Å². The number of carbonyl (C=O) groups excluding carboxylic acids is 2. The predicted molar refractivity (Wildman–Crippen MR) is 74.8 cm³/mol. The van der Waals surface area contributed by atoms with E-state index in [2.05, 4.69) is 0 Å². The number of amides is 1. The van der Waals surface area contributed by atoms with Crippen LogP contribution in [-0.4, -0.2) is 55.0 Å². The summed E-state index contributed by atoms with van der Waals surface area (Å²) < 4.78 is 9.87. The number of alkyl halides is 2. The Kier molecular flexibility index (Phi) is 9.79. The van der Waals surface area contributed by atoms with Crippen LogP contribution in [0.1, 0.15) is 20.3 Å². The summed E-state index contributed by atoms with van der Waals surface area (Å²) in [6.45, 7) is 4.15.